The maximum absolute atomic E-state index is 8.86. The highest BCUT2D eigenvalue weighted by Gasteiger charge is 2.46. The Kier molecular flexibility index (Phi) is 11.0. The summed E-state index contributed by atoms with van der Waals surface area (Å²) >= 11 is 0. The monoisotopic (exact) mass is 470 g/mol. The van der Waals surface area contributed by atoms with Crippen molar-refractivity contribution in [3.63, 3.8) is 0 Å². The summed E-state index contributed by atoms with van der Waals surface area (Å²) in [6.45, 7) is 24.9. The molecule has 6 heteroatoms. The van der Waals surface area contributed by atoms with Gasteiger partial charge in [0.15, 0.2) is 22.9 Å². The van der Waals surface area contributed by atoms with Crippen LogP contribution in [0.5, 0.6) is 0 Å². The molecule has 1 atom stereocenters. The molecular weight excluding hydrogens is 420 g/mol. The van der Waals surface area contributed by atoms with Gasteiger partial charge in [-0.15, -0.1) is 0 Å². The maximum Gasteiger partial charge on any atom is 0.178 e. The topological polar surface area (TPSA) is 47.9 Å². The van der Waals surface area contributed by atoms with Gasteiger partial charge in [0.25, 0.3) is 0 Å². The van der Waals surface area contributed by atoms with Crippen molar-refractivity contribution in [3.05, 3.63) is 0 Å². The molecule has 4 nitrogen and oxygen atoms in total. The predicted octanol–water partition coefficient (Wildman–Crippen LogP) is 6.56. The largest absolute Gasteiger partial charge is 0.455 e. The number of aliphatic hydroxyl groups is 1. The Hall–Kier alpha value is -0.166. The molecule has 1 unspecified atom stereocenters. The zero-order chi connectivity index (χ0) is 23.9. The van der Waals surface area contributed by atoms with Crippen LogP contribution in [0.2, 0.25) is 36.3 Å². The zero-order valence-corrected chi connectivity index (χ0v) is 24.1. The molecule has 0 radical (unpaired) electrons. The van der Waals surface area contributed by atoms with E-state index in [0.29, 0.717) is 35.1 Å². The van der Waals surface area contributed by atoms with Crippen LogP contribution in [0.3, 0.4) is 0 Å². The molecule has 2 fully saturated rings. The van der Waals surface area contributed by atoms with Gasteiger partial charge in [-0.3, -0.25) is 0 Å². The fraction of sp³-hybridized carbons (Fsp3) is 0.920. The summed E-state index contributed by atoms with van der Waals surface area (Å²) in [5.74, 6) is 7.19. The Balaban J connectivity index is 0.000000311. The average Bonchev–Trinajstić information content (AvgIpc) is 2.58. The van der Waals surface area contributed by atoms with Crippen molar-refractivity contribution >= 4 is 16.6 Å². The van der Waals surface area contributed by atoms with Crippen molar-refractivity contribution in [2.45, 2.75) is 116 Å². The Morgan fingerprint density at radius 3 is 1.90 bits per heavy atom. The number of hydrogen-bond acceptors (Lipinski definition) is 4. The van der Waals surface area contributed by atoms with E-state index in [9.17, 15) is 0 Å². The molecule has 0 amide bonds. The van der Waals surface area contributed by atoms with Crippen LogP contribution in [-0.2, 0) is 13.6 Å². The van der Waals surface area contributed by atoms with Crippen molar-refractivity contribution in [1.82, 2.24) is 0 Å². The summed E-state index contributed by atoms with van der Waals surface area (Å²) in [5, 5.41) is 9.50. The van der Waals surface area contributed by atoms with Gasteiger partial charge in [0.2, 0.25) is 0 Å². The Morgan fingerprint density at radius 2 is 1.48 bits per heavy atom. The van der Waals surface area contributed by atoms with E-state index in [2.05, 4.69) is 79.6 Å². The van der Waals surface area contributed by atoms with Gasteiger partial charge in [0.05, 0.1) is 0 Å². The van der Waals surface area contributed by atoms with Crippen molar-refractivity contribution in [1.29, 1.82) is 0 Å². The fourth-order valence-corrected chi connectivity index (χ4v) is 10.7. The molecule has 1 saturated carbocycles. The molecule has 0 bridgehead atoms. The Bertz CT molecular complexity index is 557. The normalized spacial score (nSPS) is 24.9. The Morgan fingerprint density at radius 1 is 0.935 bits per heavy atom. The van der Waals surface area contributed by atoms with Gasteiger partial charge in [-0.05, 0) is 74.3 Å². The predicted molar refractivity (Wildman–Crippen MR) is 136 cm³/mol. The average molecular weight is 471 g/mol. The lowest BCUT2D eigenvalue weighted by Crippen LogP contribution is -2.53. The van der Waals surface area contributed by atoms with Crippen LogP contribution in [0.1, 0.15) is 73.6 Å². The standard InChI is InChI=1S/C13H20O3.C12H30OSi2/c14-10-12-8-11(9-12)4-3-7-16-13-5-1-2-6-15-13;1-11(2,3)14(7,8)13-15(9,10)12(4,5)6/h11-14H,1-2,5-10H2;1-10H3. The van der Waals surface area contributed by atoms with Crippen molar-refractivity contribution in [3.8, 4) is 11.8 Å². The third-order valence-electron chi connectivity index (χ3n) is 7.40. The van der Waals surface area contributed by atoms with Gasteiger partial charge in [-0.1, -0.05) is 53.4 Å². The summed E-state index contributed by atoms with van der Waals surface area (Å²) < 4.78 is 17.6. The second kappa shape index (κ2) is 11.8. The minimum Gasteiger partial charge on any atom is -0.455 e. The first-order chi connectivity index (χ1) is 14.1. The second-order valence-electron chi connectivity index (χ2n) is 12.3. The van der Waals surface area contributed by atoms with Crippen LogP contribution in [0.15, 0.2) is 0 Å². The zero-order valence-electron chi connectivity index (χ0n) is 22.1. The van der Waals surface area contributed by atoms with Crippen molar-refractivity contribution in [2.75, 3.05) is 19.8 Å². The molecule has 1 N–H and O–H groups in total. The number of ether oxygens (including phenoxy) is 2. The summed E-state index contributed by atoms with van der Waals surface area (Å²) in [6, 6.07) is 0. The molecule has 0 spiro atoms. The van der Waals surface area contributed by atoms with Crippen LogP contribution in [-0.4, -0.2) is 47.9 Å². The van der Waals surface area contributed by atoms with E-state index in [4.69, 9.17) is 18.7 Å². The molecule has 2 aliphatic rings. The summed E-state index contributed by atoms with van der Waals surface area (Å²) in [7, 11) is -3.18. The number of hydrogen-bond donors (Lipinski definition) is 1. The van der Waals surface area contributed by atoms with Crippen LogP contribution >= 0.6 is 0 Å². The highest BCUT2D eigenvalue weighted by Crippen LogP contribution is 2.44. The molecule has 1 aliphatic carbocycles. The number of rotatable bonds is 5. The van der Waals surface area contributed by atoms with Gasteiger partial charge in [0, 0.05) is 19.1 Å². The fourth-order valence-electron chi connectivity index (χ4n) is 3.11. The molecule has 2 rings (SSSR count). The summed E-state index contributed by atoms with van der Waals surface area (Å²) in [5.41, 5.74) is 0. The summed E-state index contributed by atoms with van der Waals surface area (Å²) in [6.07, 6.45) is 5.40. The lowest BCUT2D eigenvalue weighted by molar-refractivity contribution is -0.154. The first-order valence-corrected chi connectivity index (χ1v) is 17.9. The first-order valence-electron chi connectivity index (χ1n) is 12.1. The van der Waals surface area contributed by atoms with Gasteiger partial charge >= 0.3 is 0 Å². The Labute approximate surface area is 195 Å². The molecule has 1 aliphatic heterocycles. The molecule has 31 heavy (non-hydrogen) atoms. The van der Waals surface area contributed by atoms with Gasteiger partial charge in [-0.2, -0.15) is 0 Å². The van der Waals surface area contributed by atoms with Crippen LogP contribution in [0.4, 0.5) is 0 Å². The van der Waals surface area contributed by atoms with E-state index in [1.165, 1.54) is 6.42 Å². The highest BCUT2D eigenvalue weighted by molar-refractivity contribution is 6.87. The van der Waals surface area contributed by atoms with Crippen LogP contribution in [0.25, 0.3) is 0 Å². The molecule has 0 aromatic heterocycles. The lowest BCUT2D eigenvalue weighted by Gasteiger charge is -2.47. The SMILES string of the molecule is CC(C)(C)[Si](C)(C)O[Si](C)(C)C(C)(C)C.OCC1CC(C#CCOC2CCCCO2)C1. The van der Waals surface area contributed by atoms with Crippen molar-refractivity contribution < 1.29 is 18.7 Å². The van der Waals surface area contributed by atoms with Gasteiger partial charge < -0.3 is 18.7 Å². The minimum absolute atomic E-state index is 0.0327. The van der Waals surface area contributed by atoms with Crippen LogP contribution in [0, 0.1) is 23.7 Å². The smallest absolute Gasteiger partial charge is 0.178 e. The van der Waals surface area contributed by atoms with E-state index in [1.807, 2.05) is 0 Å². The third-order valence-corrected chi connectivity index (χ3v) is 18.7. The minimum atomic E-state index is -1.59. The van der Waals surface area contributed by atoms with E-state index >= 15 is 0 Å². The summed E-state index contributed by atoms with van der Waals surface area (Å²) in [4.78, 5) is 0. The lowest BCUT2D eigenvalue weighted by atomic mass is 9.76. The van der Waals surface area contributed by atoms with Gasteiger partial charge in [0.1, 0.15) is 6.61 Å². The molecule has 0 aromatic carbocycles. The van der Waals surface area contributed by atoms with Crippen LogP contribution < -0.4 is 0 Å². The molecule has 1 heterocycles. The molecule has 1 saturated heterocycles. The van der Waals surface area contributed by atoms with E-state index < -0.39 is 16.6 Å². The third kappa shape index (κ3) is 9.69. The first kappa shape index (κ1) is 28.9. The van der Waals surface area contributed by atoms with E-state index in [-0.39, 0.29) is 6.29 Å². The molecule has 182 valence electrons. The maximum atomic E-state index is 8.86. The van der Waals surface area contributed by atoms with Gasteiger partial charge in [-0.25, -0.2) is 0 Å². The second-order valence-corrected chi connectivity index (χ2v) is 22.1. The highest BCUT2D eigenvalue weighted by atomic mass is 28.4. The number of aliphatic hydroxyl groups excluding tert-OH is 1. The van der Waals surface area contributed by atoms with Crippen molar-refractivity contribution in [2.24, 2.45) is 11.8 Å². The quantitative estimate of drug-likeness (QED) is 0.365. The van der Waals surface area contributed by atoms with E-state index in [0.717, 1.165) is 32.3 Å². The van der Waals surface area contributed by atoms with E-state index in [1.54, 1.807) is 0 Å². The molecular formula is C25H50O4Si2. The molecule has 0 aromatic rings.